The Bertz CT molecular complexity index is 817. The summed E-state index contributed by atoms with van der Waals surface area (Å²) in [5, 5.41) is 3.63. The number of fused-ring (bicyclic) bond motifs is 1. The first-order valence-corrected chi connectivity index (χ1v) is 8.29. The minimum atomic E-state index is 0.244. The summed E-state index contributed by atoms with van der Waals surface area (Å²) in [5.41, 5.74) is 6.04. The molecule has 1 atom stereocenters. The first-order valence-electron chi connectivity index (χ1n) is 8.29. The highest BCUT2D eigenvalue weighted by molar-refractivity contribution is 5.59. The lowest BCUT2D eigenvalue weighted by atomic mass is 9.98. The summed E-state index contributed by atoms with van der Waals surface area (Å²) in [5.74, 6) is 0. The first kappa shape index (κ1) is 15.1. The Morgan fingerprint density at radius 2 is 1.92 bits per heavy atom. The Labute approximate surface area is 142 Å². The summed E-state index contributed by atoms with van der Waals surface area (Å²) >= 11 is 0. The zero-order valence-corrected chi connectivity index (χ0v) is 13.5. The van der Waals surface area contributed by atoms with E-state index < -0.39 is 0 Å². The van der Waals surface area contributed by atoms with Crippen LogP contribution in [0.5, 0.6) is 0 Å². The van der Waals surface area contributed by atoms with E-state index in [1.807, 2.05) is 24.4 Å². The van der Waals surface area contributed by atoms with Crippen molar-refractivity contribution in [1.29, 1.82) is 0 Å². The molecule has 1 aliphatic heterocycles. The number of hydrogen-bond donors (Lipinski definition) is 1. The highest BCUT2D eigenvalue weighted by Crippen LogP contribution is 2.25. The van der Waals surface area contributed by atoms with Crippen LogP contribution in [0.2, 0.25) is 0 Å². The second kappa shape index (κ2) is 6.95. The molecule has 1 N–H and O–H groups in total. The molecule has 3 nitrogen and oxygen atoms in total. The number of benzene rings is 2. The van der Waals surface area contributed by atoms with Crippen LogP contribution in [-0.2, 0) is 17.9 Å². The average molecular weight is 316 g/mol. The molecule has 2 aromatic carbocycles. The molecule has 4 rings (SSSR count). The van der Waals surface area contributed by atoms with E-state index in [1.165, 1.54) is 16.7 Å². The number of pyridine rings is 1. The Balaban J connectivity index is 1.49. The molecule has 120 valence electrons. The topological polar surface area (TPSA) is 34.1 Å². The summed E-state index contributed by atoms with van der Waals surface area (Å²) in [4.78, 5) is 4.43. The minimum absolute atomic E-state index is 0.244. The van der Waals surface area contributed by atoms with Crippen LogP contribution in [0.15, 0.2) is 72.9 Å². The van der Waals surface area contributed by atoms with Crippen LogP contribution in [0.25, 0.3) is 11.3 Å². The van der Waals surface area contributed by atoms with Crippen LogP contribution in [0.1, 0.15) is 22.7 Å². The van der Waals surface area contributed by atoms with Crippen LogP contribution in [0.4, 0.5) is 0 Å². The van der Waals surface area contributed by atoms with Crippen LogP contribution < -0.4 is 5.32 Å². The predicted molar refractivity (Wildman–Crippen MR) is 95.4 cm³/mol. The Hall–Kier alpha value is -2.49. The van der Waals surface area contributed by atoms with Gasteiger partial charge in [-0.1, -0.05) is 48.5 Å². The summed E-state index contributed by atoms with van der Waals surface area (Å²) in [6.07, 6.45) is 1.83. The van der Waals surface area contributed by atoms with E-state index in [1.54, 1.807) is 0 Å². The third-order valence-corrected chi connectivity index (χ3v) is 4.41. The van der Waals surface area contributed by atoms with Gasteiger partial charge in [0.25, 0.3) is 0 Å². The van der Waals surface area contributed by atoms with E-state index >= 15 is 0 Å². The lowest BCUT2D eigenvalue weighted by Crippen LogP contribution is -2.29. The standard InChI is InChI=1S/C21H20N2O/c1-2-9-19-18(7-1)14-24-15-21(19)23-13-16-6-5-8-17(12-16)20-10-3-4-11-22-20/h1-12,21,23H,13-15H2. The Morgan fingerprint density at radius 1 is 1.00 bits per heavy atom. The summed E-state index contributed by atoms with van der Waals surface area (Å²) in [6, 6.07) is 23.3. The Kier molecular flexibility index (Phi) is 4.36. The fraction of sp³-hybridized carbons (Fsp3) is 0.190. The van der Waals surface area contributed by atoms with Gasteiger partial charge in [0, 0.05) is 18.3 Å². The van der Waals surface area contributed by atoms with Crippen molar-refractivity contribution in [3.05, 3.63) is 89.6 Å². The smallest absolute Gasteiger partial charge is 0.0721 e. The zero-order chi connectivity index (χ0) is 16.2. The second-order valence-electron chi connectivity index (χ2n) is 6.06. The van der Waals surface area contributed by atoms with E-state index in [9.17, 15) is 0 Å². The van der Waals surface area contributed by atoms with E-state index in [0.29, 0.717) is 6.61 Å². The normalized spacial score (nSPS) is 16.6. The van der Waals surface area contributed by atoms with Gasteiger partial charge >= 0.3 is 0 Å². The molecule has 0 amide bonds. The molecule has 0 spiro atoms. The summed E-state index contributed by atoms with van der Waals surface area (Å²) in [7, 11) is 0. The van der Waals surface area contributed by atoms with E-state index in [0.717, 1.165) is 24.4 Å². The molecule has 3 heteroatoms. The maximum Gasteiger partial charge on any atom is 0.0721 e. The minimum Gasteiger partial charge on any atom is -0.375 e. The van der Waals surface area contributed by atoms with Crippen molar-refractivity contribution >= 4 is 0 Å². The van der Waals surface area contributed by atoms with Crippen LogP contribution in [-0.4, -0.2) is 11.6 Å². The lowest BCUT2D eigenvalue weighted by molar-refractivity contribution is 0.0817. The van der Waals surface area contributed by atoms with Gasteiger partial charge in [0.15, 0.2) is 0 Å². The van der Waals surface area contributed by atoms with E-state index in [2.05, 4.69) is 58.8 Å². The maximum absolute atomic E-state index is 5.72. The van der Waals surface area contributed by atoms with Crippen molar-refractivity contribution in [2.24, 2.45) is 0 Å². The molecule has 0 fully saturated rings. The Morgan fingerprint density at radius 3 is 2.83 bits per heavy atom. The molecule has 2 heterocycles. The quantitative estimate of drug-likeness (QED) is 0.786. The van der Waals surface area contributed by atoms with Gasteiger partial charge in [-0.3, -0.25) is 4.98 Å². The number of nitrogens with one attached hydrogen (secondary N) is 1. The molecule has 1 aromatic heterocycles. The van der Waals surface area contributed by atoms with Crippen molar-refractivity contribution in [3.63, 3.8) is 0 Å². The number of rotatable bonds is 4. The fourth-order valence-corrected chi connectivity index (χ4v) is 3.17. The monoisotopic (exact) mass is 316 g/mol. The summed E-state index contributed by atoms with van der Waals surface area (Å²) < 4.78 is 5.72. The molecule has 24 heavy (non-hydrogen) atoms. The molecular weight excluding hydrogens is 296 g/mol. The van der Waals surface area contributed by atoms with E-state index in [-0.39, 0.29) is 6.04 Å². The number of ether oxygens (including phenoxy) is 1. The largest absolute Gasteiger partial charge is 0.375 e. The molecule has 1 aliphatic rings. The zero-order valence-electron chi connectivity index (χ0n) is 13.5. The second-order valence-corrected chi connectivity index (χ2v) is 6.06. The van der Waals surface area contributed by atoms with Crippen molar-refractivity contribution in [2.75, 3.05) is 6.61 Å². The lowest BCUT2D eigenvalue weighted by Gasteiger charge is -2.26. The molecule has 3 aromatic rings. The van der Waals surface area contributed by atoms with Crippen LogP contribution in [0.3, 0.4) is 0 Å². The molecule has 0 saturated carbocycles. The average Bonchev–Trinajstić information content (AvgIpc) is 2.67. The molecule has 0 bridgehead atoms. The van der Waals surface area contributed by atoms with Crippen molar-refractivity contribution < 1.29 is 4.74 Å². The molecular formula is C21H20N2O. The van der Waals surface area contributed by atoms with Gasteiger partial charge in [-0.05, 0) is 34.9 Å². The van der Waals surface area contributed by atoms with Crippen molar-refractivity contribution in [3.8, 4) is 11.3 Å². The molecule has 1 unspecified atom stereocenters. The van der Waals surface area contributed by atoms with Gasteiger partial charge in [0.1, 0.15) is 0 Å². The highest BCUT2D eigenvalue weighted by atomic mass is 16.5. The first-order chi connectivity index (χ1) is 11.9. The summed E-state index contributed by atoms with van der Waals surface area (Å²) in [6.45, 7) is 2.24. The maximum atomic E-state index is 5.72. The molecule has 0 saturated heterocycles. The fourth-order valence-electron chi connectivity index (χ4n) is 3.17. The van der Waals surface area contributed by atoms with Gasteiger partial charge < -0.3 is 10.1 Å². The van der Waals surface area contributed by atoms with Gasteiger partial charge in [0.05, 0.1) is 24.9 Å². The van der Waals surface area contributed by atoms with Crippen molar-refractivity contribution in [2.45, 2.75) is 19.2 Å². The SMILES string of the molecule is c1ccc(-c2cccc(CNC3COCc4ccccc43)c2)nc1. The van der Waals surface area contributed by atoms with Crippen LogP contribution >= 0.6 is 0 Å². The van der Waals surface area contributed by atoms with Gasteiger partial charge in [-0.25, -0.2) is 0 Å². The van der Waals surface area contributed by atoms with Gasteiger partial charge in [-0.2, -0.15) is 0 Å². The number of aromatic nitrogens is 1. The number of nitrogens with zero attached hydrogens (tertiary/aromatic N) is 1. The third-order valence-electron chi connectivity index (χ3n) is 4.41. The molecule has 0 radical (unpaired) electrons. The molecule has 0 aliphatic carbocycles. The van der Waals surface area contributed by atoms with Gasteiger partial charge in [0.2, 0.25) is 0 Å². The van der Waals surface area contributed by atoms with Crippen LogP contribution in [0, 0.1) is 0 Å². The third kappa shape index (κ3) is 3.23. The van der Waals surface area contributed by atoms with Gasteiger partial charge in [-0.15, -0.1) is 0 Å². The number of hydrogen-bond acceptors (Lipinski definition) is 3. The predicted octanol–water partition coefficient (Wildman–Crippen LogP) is 4.11. The van der Waals surface area contributed by atoms with E-state index in [4.69, 9.17) is 4.74 Å². The van der Waals surface area contributed by atoms with Crippen molar-refractivity contribution in [1.82, 2.24) is 10.3 Å². The highest BCUT2D eigenvalue weighted by Gasteiger charge is 2.19.